The highest BCUT2D eigenvalue weighted by Crippen LogP contribution is 2.17. The lowest BCUT2D eigenvalue weighted by atomic mass is 10.3. The SMILES string of the molecule is CON(C)C(=O)Cn1nnc(-c2cncc(Br)c2)n1. The first-order chi connectivity index (χ1) is 9.10. The van der Waals surface area contributed by atoms with Crippen LogP contribution in [0.25, 0.3) is 11.4 Å². The lowest BCUT2D eigenvalue weighted by molar-refractivity contribution is -0.169. The number of aromatic nitrogens is 5. The monoisotopic (exact) mass is 326 g/mol. The number of hydroxylamine groups is 2. The summed E-state index contributed by atoms with van der Waals surface area (Å²) in [4.78, 5) is 21.6. The van der Waals surface area contributed by atoms with Gasteiger partial charge in [0.25, 0.3) is 5.91 Å². The van der Waals surface area contributed by atoms with Crippen LogP contribution in [-0.4, -0.2) is 50.3 Å². The van der Waals surface area contributed by atoms with Gasteiger partial charge >= 0.3 is 0 Å². The second kappa shape index (κ2) is 5.85. The van der Waals surface area contributed by atoms with Crippen molar-refractivity contribution in [2.75, 3.05) is 14.2 Å². The molecule has 0 aromatic carbocycles. The molecule has 2 aromatic rings. The van der Waals surface area contributed by atoms with Crippen molar-refractivity contribution in [1.82, 2.24) is 30.3 Å². The maximum absolute atomic E-state index is 11.6. The molecule has 9 heteroatoms. The van der Waals surface area contributed by atoms with Gasteiger partial charge in [-0.3, -0.25) is 14.6 Å². The molecule has 0 saturated carbocycles. The van der Waals surface area contributed by atoms with Gasteiger partial charge in [0.1, 0.15) is 6.54 Å². The number of hydrogen-bond acceptors (Lipinski definition) is 6. The fourth-order valence-electron chi connectivity index (χ4n) is 1.28. The highest BCUT2D eigenvalue weighted by atomic mass is 79.9. The Morgan fingerprint density at radius 1 is 1.53 bits per heavy atom. The van der Waals surface area contributed by atoms with Crippen molar-refractivity contribution >= 4 is 21.8 Å². The Bertz CT molecular complexity index is 587. The molecule has 2 aromatic heterocycles. The number of carbonyl (C=O) groups is 1. The maximum atomic E-state index is 11.6. The van der Waals surface area contributed by atoms with Gasteiger partial charge in [-0.2, -0.15) is 4.80 Å². The molecular weight excluding hydrogens is 316 g/mol. The Labute approximate surface area is 117 Å². The van der Waals surface area contributed by atoms with Crippen LogP contribution in [0.3, 0.4) is 0 Å². The molecule has 0 bridgehead atoms. The van der Waals surface area contributed by atoms with Gasteiger partial charge in [-0.15, -0.1) is 10.2 Å². The van der Waals surface area contributed by atoms with Crippen molar-refractivity contribution in [2.45, 2.75) is 6.54 Å². The quantitative estimate of drug-likeness (QED) is 0.761. The Hall–Kier alpha value is -1.87. The Morgan fingerprint density at radius 3 is 3.00 bits per heavy atom. The fourth-order valence-corrected chi connectivity index (χ4v) is 1.65. The third-order valence-electron chi connectivity index (χ3n) is 2.32. The molecule has 0 unspecified atom stereocenters. The lowest BCUT2D eigenvalue weighted by Crippen LogP contribution is -2.30. The molecule has 0 fully saturated rings. The average Bonchev–Trinajstić information content (AvgIpc) is 2.86. The van der Waals surface area contributed by atoms with E-state index in [-0.39, 0.29) is 12.5 Å². The number of hydrogen-bond donors (Lipinski definition) is 0. The molecule has 0 spiro atoms. The number of rotatable bonds is 4. The highest BCUT2D eigenvalue weighted by molar-refractivity contribution is 9.10. The van der Waals surface area contributed by atoms with E-state index in [1.807, 2.05) is 6.07 Å². The zero-order valence-corrected chi connectivity index (χ0v) is 11.9. The number of carbonyl (C=O) groups excluding carboxylic acids is 1. The number of amides is 1. The minimum Gasteiger partial charge on any atom is -0.275 e. The Balaban J connectivity index is 2.13. The molecule has 0 N–H and O–H groups in total. The molecule has 0 radical (unpaired) electrons. The Kier molecular flexibility index (Phi) is 4.17. The number of halogens is 1. The largest absolute Gasteiger partial charge is 0.275 e. The highest BCUT2D eigenvalue weighted by Gasteiger charge is 2.12. The van der Waals surface area contributed by atoms with Crippen LogP contribution in [0, 0.1) is 0 Å². The van der Waals surface area contributed by atoms with Gasteiger partial charge in [0.05, 0.1) is 7.11 Å². The van der Waals surface area contributed by atoms with Gasteiger partial charge in [-0.05, 0) is 27.2 Å². The van der Waals surface area contributed by atoms with Crippen LogP contribution in [0.15, 0.2) is 22.9 Å². The van der Waals surface area contributed by atoms with E-state index in [4.69, 9.17) is 4.84 Å². The van der Waals surface area contributed by atoms with Gasteiger partial charge in [-0.1, -0.05) is 0 Å². The molecular formula is C10H11BrN6O2. The van der Waals surface area contributed by atoms with Gasteiger partial charge in [-0.25, -0.2) is 5.06 Å². The summed E-state index contributed by atoms with van der Waals surface area (Å²) in [6.07, 6.45) is 3.28. The predicted octanol–water partition coefficient (Wildman–Crippen LogP) is 0.517. The maximum Gasteiger partial charge on any atom is 0.269 e. The first-order valence-corrected chi connectivity index (χ1v) is 6.09. The normalized spacial score (nSPS) is 10.5. The van der Waals surface area contributed by atoms with E-state index < -0.39 is 0 Å². The van der Waals surface area contributed by atoms with Crippen molar-refractivity contribution in [3.63, 3.8) is 0 Å². The molecule has 2 rings (SSSR count). The van der Waals surface area contributed by atoms with E-state index >= 15 is 0 Å². The van der Waals surface area contributed by atoms with Crippen molar-refractivity contribution in [3.8, 4) is 11.4 Å². The van der Waals surface area contributed by atoms with E-state index in [1.54, 1.807) is 12.4 Å². The second-order valence-electron chi connectivity index (χ2n) is 3.61. The van der Waals surface area contributed by atoms with E-state index in [9.17, 15) is 4.79 Å². The van der Waals surface area contributed by atoms with Crippen LogP contribution in [0.1, 0.15) is 0 Å². The van der Waals surface area contributed by atoms with E-state index in [0.717, 1.165) is 9.54 Å². The number of tetrazole rings is 1. The van der Waals surface area contributed by atoms with Crippen LogP contribution in [0.5, 0.6) is 0 Å². The first kappa shape index (κ1) is 13.6. The zero-order chi connectivity index (χ0) is 13.8. The molecule has 100 valence electrons. The summed E-state index contributed by atoms with van der Waals surface area (Å²) < 4.78 is 0.816. The van der Waals surface area contributed by atoms with E-state index in [0.29, 0.717) is 11.4 Å². The summed E-state index contributed by atoms with van der Waals surface area (Å²) in [5, 5.41) is 12.9. The van der Waals surface area contributed by atoms with E-state index in [2.05, 4.69) is 36.3 Å². The minimum absolute atomic E-state index is 0.0429. The summed E-state index contributed by atoms with van der Waals surface area (Å²) in [6.45, 7) is -0.0429. The molecule has 2 heterocycles. The summed E-state index contributed by atoms with van der Waals surface area (Å²) in [6, 6.07) is 1.82. The van der Waals surface area contributed by atoms with Crippen molar-refractivity contribution in [2.24, 2.45) is 0 Å². The van der Waals surface area contributed by atoms with Crippen LogP contribution < -0.4 is 0 Å². The molecule has 19 heavy (non-hydrogen) atoms. The molecule has 1 amide bonds. The van der Waals surface area contributed by atoms with Gasteiger partial charge in [0.15, 0.2) is 0 Å². The molecule has 8 nitrogen and oxygen atoms in total. The standard InChI is InChI=1S/C10H11BrN6O2/c1-16(19-2)9(18)6-17-14-10(13-15-17)7-3-8(11)5-12-4-7/h3-5H,6H2,1-2H3. The molecule has 0 aliphatic heterocycles. The summed E-state index contributed by atoms with van der Waals surface area (Å²) in [7, 11) is 2.92. The van der Waals surface area contributed by atoms with Gasteiger partial charge < -0.3 is 0 Å². The van der Waals surface area contributed by atoms with Crippen LogP contribution >= 0.6 is 15.9 Å². The second-order valence-corrected chi connectivity index (χ2v) is 4.52. The summed E-state index contributed by atoms with van der Waals surface area (Å²) in [5.41, 5.74) is 0.716. The number of pyridine rings is 1. The van der Waals surface area contributed by atoms with Gasteiger partial charge in [0.2, 0.25) is 5.82 Å². The predicted molar refractivity (Wildman–Crippen MR) is 68.5 cm³/mol. The smallest absolute Gasteiger partial charge is 0.269 e. The van der Waals surface area contributed by atoms with Crippen LogP contribution in [-0.2, 0) is 16.2 Å². The van der Waals surface area contributed by atoms with Crippen LogP contribution in [0.4, 0.5) is 0 Å². The van der Waals surface area contributed by atoms with Gasteiger partial charge in [0, 0.05) is 29.5 Å². The average molecular weight is 327 g/mol. The third-order valence-corrected chi connectivity index (χ3v) is 2.75. The fraction of sp³-hybridized carbons (Fsp3) is 0.300. The zero-order valence-electron chi connectivity index (χ0n) is 10.3. The minimum atomic E-state index is -0.279. The van der Waals surface area contributed by atoms with E-state index in [1.165, 1.54) is 19.0 Å². The molecule has 0 aliphatic carbocycles. The number of likely N-dealkylation sites (N-methyl/N-ethyl adjacent to an activating group) is 1. The molecule has 0 saturated heterocycles. The topological polar surface area (TPSA) is 86.0 Å². The lowest BCUT2D eigenvalue weighted by Gasteiger charge is -2.12. The van der Waals surface area contributed by atoms with Crippen molar-refractivity contribution < 1.29 is 9.63 Å². The molecule has 0 atom stereocenters. The first-order valence-electron chi connectivity index (χ1n) is 5.29. The van der Waals surface area contributed by atoms with Crippen LogP contribution in [0.2, 0.25) is 0 Å². The Morgan fingerprint density at radius 2 is 2.32 bits per heavy atom. The summed E-state index contributed by atoms with van der Waals surface area (Å²) >= 11 is 3.31. The third kappa shape index (κ3) is 3.32. The number of nitrogens with zero attached hydrogens (tertiary/aromatic N) is 6. The summed E-state index contributed by atoms with van der Waals surface area (Å²) in [5.74, 6) is 0.125. The van der Waals surface area contributed by atoms with Crippen molar-refractivity contribution in [3.05, 3.63) is 22.9 Å². The van der Waals surface area contributed by atoms with Crippen molar-refractivity contribution in [1.29, 1.82) is 0 Å². The molecule has 0 aliphatic rings.